The first kappa shape index (κ1) is 9.71. The van der Waals surface area contributed by atoms with Gasteiger partial charge in [0.1, 0.15) is 0 Å². The number of hydrogen-bond acceptors (Lipinski definition) is 1. The Kier molecular flexibility index (Phi) is 2.42. The van der Waals surface area contributed by atoms with E-state index >= 15 is 0 Å². The molecule has 0 N–H and O–H groups in total. The van der Waals surface area contributed by atoms with Gasteiger partial charge in [-0.15, -0.1) is 6.58 Å². The summed E-state index contributed by atoms with van der Waals surface area (Å²) in [5.41, 5.74) is 2.51. The van der Waals surface area contributed by atoms with Crippen LogP contribution in [0.1, 0.15) is 11.3 Å². The molecule has 0 fully saturated rings. The quantitative estimate of drug-likeness (QED) is 0.415. The predicted molar refractivity (Wildman–Crippen MR) is 61.5 cm³/mol. The number of aromatic nitrogens is 1. The number of hydrogen-bond donors (Lipinski definition) is 0. The summed E-state index contributed by atoms with van der Waals surface area (Å²) >= 11 is 0. The van der Waals surface area contributed by atoms with Crippen LogP contribution in [0.25, 0.3) is 10.9 Å². The Labute approximate surface area is 89.1 Å². The number of fused-ring (bicyclic) bond motifs is 1. The Bertz CT molecular complexity index is 517. The van der Waals surface area contributed by atoms with Gasteiger partial charge in [-0.1, -0.05) is 18.2 Å². The Hall–Kier alpha value is -1.83. The molecule has 76 valence electrons. The number of pyridine rings is 1. The molecule has 0 spiro atoms. The lowest BCUT2D eigenvalue weighted by molar-refractivity contribution is -0.584. The Morgan fingerprint density at radius 3 is 2.87 bits per heavy atom. The Balaban J connectivity index is 2.81. The van der Waals surface area contributed by atoms with Crippen LogP contribution in [-0.2, 0) is 6.42 Å². The average Bonchev–Trinajstić information content (AvgIpc) is 2.24. The van der Waals surface area contributed by atoms with Gasteiger partial charge in [0.2, 0.25) is 5.52 Å². The zero-order valence-corrected chi connectivity index (χ0v) is 8.73. The third-order valence-electron chi connectivity index (χ3n) is 2.54. The summed E-state index contributed by atoms with van der Waals surface area (Å²) in [5.74, 6) is 0. The Morgan fingerprint density at radius 2 is 2.13 bits per heavy atom. The molecule has 0 unspecified atom stereocenters. The molecule has 0 aliphatic carbocycles. The van der Waals surface area contributed by atoms with Gasteiger partial charge < -0.3 is 5.21 Å². The maximum atomic E-state index is 11.9. The highest BCUT2D eigenvalue weighted by molar-refractivity contribution is 5.79. The molecule has 0 saturated carbocycles. The molecule has 15 heavy (non-hydrogen) atoms. The van der Waals surface area contributed by atoms with E-state index in [1.165, 1.54) is 0 Å². The molecule has 0 amide bonds. The minimum absolute atomic E-state index is 0.721. The lowest BCUT2D eigenvalue weighted by Crippen LogP contribution is -2.31. The summed E-state index contributed by atoms with van der Waals surface area (Å²) in [4.78, 5) is 0. The van der Waals surface area contributed by atoms with Crippen molar-refractivity contribution in [3.63, 3.8) is 0 Å². The van der Waals surface area contributed by atoms with Crippen molar-refractivity contribution in [3.05, 3.63) is 59.5 Å². The van der Waals surface area contributed by atoms with Crippen molar-refractivity contribution >= 4 is 10.9 Å². The van der Waals surface area contributed by atoms with Crippen LogP contribution in [0.15, 0.2) is 43.0 Å². The second-order valence-electron chi connectivity index (χ2n) is 3.62. The van der Waals surface area contributed by atoms with Crippen LogP contribution < -0.4 is 4.73 Å². The molecule has 1 aromatic carbocycles. The van der Waals surface area contributed by atoms with Gasteiger partial charge in [0.15, 0.2) is 5.69 Å². The Morgan fingerprint density at radius 1 is 1.33 bits per heavy atom. The van der Waals surface area contributed by atoms with Crippen molar-refractivity contribution in [3.8, 4) is 0 Å². The molecule has 2 rings (SSSR count). The van der Waals surface area contributed by atoms with Crippen molar-refractivity contribution < 1.29 is 4.73 Å². The fraction of sp³-hybridized carbons (Fsp3) is 0.154. The highest BCUT2D eigenvalue weighted by Crippen LogP contribution is 2.16. The number of rotatable bonds is 2. The lowest BCUT2D eigenvalue weighted by Gasteiger charge is -2.07. The van der Waals surface area contributed by atoms with Crippen LogP contribution in [0, 0.1) is 12.1 Å². The van der Waals surface area contributed by atoms with Crippen molar-refractivity contribution in [2.75, 3.05) is 0 Å². The SMILES string of the molecule is C=CCc1cccc2ccc(C)[n+]([O-])c12. The highest BCUT2D eigenvalue weighted by Gasteiger charge is 2.10. The number of benzene rings is 1. The monoisotopic (exact) mass is 199 g/mol. The molecule has 0 aliphatic rings. The van der Waals surface area contributed by atoms with E-state index in [0.29, 0.717) is 0 Å². The summed E-state index contributed by atoms with van der Waals surface area (Å²) < 4.78 is 0.994. The normalized spacial score (nSPS) is 10.5. The topological polar surface area (TPSA) is 26.9 Å². The van der Waals surface area contributed by atoms with Crippen LogP contribution in [0.2, 0.25) is 0 Å². The molecule has 1 aromatic heterocycles. The van der Waals surface area contributed by atoms with Gasteiger partial charge in [-0.25, -0.2) is 0 Å². The van der Waals surface area contributed by atoms with E-state index in [1.807, 2.05) is 43.3 Å². The molecule has 0 atom stereocenters. The standard InChI is InChI=1S/C13H13NO/c1-3-5-11-6-4-7-12-9-8-10(2)14(15)13(11)12/h3-4,6-9H,1,5H2,2H3. The summed E-state index contributed by atoms with van der Waals surface area (Å²) in [5, 5.41) is 12.9. The van der Waals surface area contributed by atoms with Crippen LogP contribution in [-0.4, -0.2) is 0 Å². The molecule has 0 aliphatic heterocycles. The zero-order chi connectivity index (χ0) is 10.8. The summed E-state index contributed by atoms with van der Waals surface area (Å²) in [7, 11) is 0. The van der Waals surface area contributed by atoms with Gasteiger partial charge in [-0.2, -0.15) is 4.73 Å². The number of nitrogens with zero attached hydrogens (tertiary/aromatic N) is 1. The third-order valence-corrected chi connectivity index (χ3v) is 2.54. The highest BCUT2D eigenvalue weighted by atomic mass is 16.5. The van der Waals surface area contributed by atoms with E-state index in [9.17, 15) is 5.21 Å². The average molecular weight is 199 g/mol. The van der Waals surface area contributed by atoms with E-state index in [0.717, 1.165) is 33.3 Å². The molecule has 2 nitrogen and oxygen atoms in total. The zero-order valence-electron chi connectivity index (χ0n) is 8.73. The van der Waals surface area contributed by atoms with E-state index < -0.39 is 0 Å². The molecule has 2 heteroatoms. The molecule has 0 saturated heterocycles. The molecule has 1 heterocycles. The van der Waals surface area contributed by atoms with E-state index in [-0.39, 0.29) is 0 Å². The van der Waals surface area contributed by atoms with Crippen LogP contribution in [0.4, 0.5) is 0 Å². The van der Waals surface area contributed by atoms with Crippen LogP contribution in [0.5, 0.6) is 0 Å². The first-order valence-corrected chi connectivity index (χ1v) is 4.95. The molecule has 2 aromatic rings. The summed E-state index contributed by atoms with van der Waals surface area (Å²) in [6, 6.07) is 9.71. The number of para-hydroxylation sites is 1. The van der Waals surface area contributed by atoms with Crippen LogP contribution in [0.3, 0.4) is 0 Å². The van der Waals surface area contributed by atoms with Crippen molar-refractivity contribution in [1.82, 2.24) is 0 Å². The van der Waals surface area contributed by atoms with Crippen molar-refractivity contribution in [1.29, 1.82) is 0 Å². The second kappa shape index (κ2) is 3.73. The van der Waals surface area contributed by atoms with Gasteiger partial charge in [-0.3, -0.25) is 0 Å². The van der Waals surface area contributed by atoms with Gasteiger partial charge in [0.05, 0.1) is 0 Å². The first-order valence-electron chi connectivity index (χ1n) is 4.95. The summed E-state index contributed by atoms with van der Waals surface area (Å²) in [6.45, 7) is 5.52. The van der Waals surface area contributed by atoms with E-state index in [4.69, 9.17) is 0 Å². The third kappa shape index (κ3) is 1.59. The summed E-state index contributed by atoms with van der Waals surface area (Å²) in [6.07, 6.45) is 2.54. The molecular weight excluding hydrogens is 186 g/mol. The van der Waals surface area contributed by atoms with E-state index in [2.05, 4.69) is 6.58 Å². The maximum absolute atomic E-state index is 11.9. The van der Waals surface area contributed by atoms with Gasteiger partial charge in [-0.05, 0) is 18.6 Å². The smallest absolute Gasteiger partial charge is 0.227 e. The molecular formula is C13H13NO. The molecule has 0 bridgehead atoms. The molecule has 0 radical (unpaired) electrons. The fourth-order valence-electron chi connectivity index (χ4n) is 1.77. The minimum Gasteiger partial charge on any atom is -0.618 e. The van der Waals surface area contributed by atoms with Crippen molar-refractivity contribution in [2.45, 2.75) is 13.3 Å². The van der Waals surface area contributed by atoms with E-state index in [1.54, 1.807) is 0 Å². The number of aryl methyl sites for hydroxylation is 1. The van der Waals surface area contributed by atoms with Gasteiger partial charge in [0, 0.05) is 23.9 Å². The predicted octanol–water partition coefficient (Wildman–Crippen LogP) is 2.51. The van der Waals surface area contributed by atoms with Gasteiger partial charge in [0.25, 0.3) is 0 Å². The van der Waals surface area contributed by atoms with Gasteiger partial charge >= 0.3 is 0 Å². The second-order valence-corrected chi connectivity index (χ2v) is 3.62. The lowest BCUT2D eigenvalue weighted by atomic mass is 10.1. The minimum atomic E-state index is 0.721. The fourth-order valence-corrected chi connectivity index (χ4v) is 1.77. The number of allylic oxidation sites excluding steroid dienone is 1. The maximum Gasteiger partial charge on any atom is 0.227 e. The first-order chi connectivity index (χ1) is 7.24. The largest absolute Gasteiger partial charge is 0.618 e. The van der Waals surface area contributed by atoms with Crippen molar-refractivity contribution in [2.24, 2.45) is 0 Å². The van der Waals surface area contributed by atoms with Crippen LogP contribution >= 0.6 is 0 Å².